The molecule has 0 aliphatic heterocycles. The molecule has 11 nitrogen and oxygen atoms in total. The molecule has 220 valence electrons. The molecule has 6 rings (SSSR count). The number of esters is 1. The minimum absolute atomic E-state index is 0.00369. The molecule has 0 atom stereocenters. The van der Waals surface area contributed by atoms with E-state index in [1.165, 1.54) is 10.6 Å². The number of carbonyl (C=O) groups is 1. The van der Waals surface area contributed by atoms with Crippen molar-refractivity contribution in [3.63, 3.8) is 0 Å². The maximum absolute atomic E-state index is 15.3. The number of aryl methyl sites for hydroxylation is 1. The third-order valence-electron chi connectivity index (χ3n) is 7.32. The van der Waals surface area contributed by atoms with Crippen LogP contribution in [0.5, 0.6) is 0 Å². The third-order valence-corrected chi connectivity index (χ3v) is 7.32. The summed E-state index contributed by atoms with van der Waals surface area (Å²) in [6, 6.07) is 10.3. The number of fused-ring (bicyclic) bond motifs is 1. The fraction of sp³-hybridized carbons (Fsp3) is 0.290. The maximum atomic E-state index is 15.3. The van der Waals surface area contributed by atoms with Gasteiger partial charge in [-0.2, -0.15) is 15.1 Å². The van der Waals surface area contributed by atoms with Gasteiger partial charge in [-0.05, 0) is 67.6 Å². The normalized spacial score (nSPS) is 13.1. The number of carbonyl (C=O) groups excluding carboxylic acids is 1. The number of nitrogen functional groups attached to an aromatic ring is 1. The second-order valence-corrected chi connectivity index (χ2v) is 11.1. The van der Waals surface area contributed by atoms with Crippen LogP contribution in [-0.4, -0.2) is 60.8 Å². The van der Waals surface area contributed by atoms with E-state index in [0.29, 0.717) is 40.4 Å². The first-order valence-corrected chi connectivity index (χ1v) is 13.9. The Hall–Kier alpha value is -4.97. The Labute approximate surface area is 246 Å². The number of nitrogens with two attached hydrogens (primary N) is 1. The van der Waals surface area contributed by atoms with Crippen molar-refractivity contribution in [3.05, 3.63) is 93.7 Å². The summed E-state index contributed by atoms with van der Waals surface area (Å²) in [4.78, 5) is 41.4. The lowest BCUT2D eigenvalue weighted by Gasteiger charge is -2.18. The monoisotopic (exact) mass is 582 g/mol. The van der Waals surface area contributed by atoms with Crippen LogP contribution < -0.4 is 11.3 Å². The van der Waals surface area contributed by atoms with Gasteiger partial charge in [0.1, 0.15) is 18.2 Å². The smallest absolute Gasteiger partial charge is 0.320 e. The van der Waals surface area contributed by atoms with E-state index in [1.807, 2.05) is 19.3 Å². The first-order valence-electron chi connectivity index (χ1n) is 13.9. The fourth-order valence-electron chi connectivity index (χ4n) is 5.19. The van der Waals surface area contributed by atoms with E-state index in [-0.39, 0.29) is 30.3 Å². The highest BCUT2D eigenvalue weighted by atomic mass is 19.1. The predicted molar refractivity (Wildman–Crippen MR) is 159 cm³/mol. The highest BCUT2D eigenvalue weighted by Gasteiger charge is 2.26. The van der Waals surface area contributed by atoms with Crippen LogP contribution in [0.1, 0.15) is 41.3 Å². The lowest BCUT2D eigenvalue weighted by molar-refractivity contribution is -0.145. The quantitative estimate of drug-likeness (QED) is 0.260. The molecule has 0 radical (unpaired) electrons. The second kappa shape index (κ2) is 11.4. The van der Waals surface area contributed by atoms with Gasteiger partial charge in [-0.15, -0.1) is 0 Å². The predicted octanol–water partition coefficient (Wildman–Crippen LogP) is 3.37. The van der Waals surface area contributed by atoms with Crippen LogP contribution in [0.4, 0.5) is 10.3 Å². The molecule has 2 aromatic carbocycles. The number of nitrogens with zero attached hydrogens (tertiary/aromatic N) is 7. The number of pyridine rings is 1. The fourth-order valence-corrected chi connectivity index (χ4v) is 5.19. The van der Waals surface area contributed by atoms with Gasteiger partial charge in [0.15, 0.2) is 5.82 Å². The van der Waals surface area contributed by atoms with Crippen molar-refractivity contribution >= 4 is 22.7 Å². The Kier molecular flexibility index (Phi) is 7.45. The zero-order chi connectivity index (χ0) is 30.2. The van der Waals surface area contributed by atoms with Crippen molar-refractivity contribution in [2.24, 2.45) is 7.05 Å². The van der Waals surface area contributed by atoms with Crippen LogP contribution in [0.15, 0.2) is 59.8 Å². The van der Waals surface area contributed by atoms with Crippen molar-refractivity contribution in [2.75, 3.05) is 26.4 Å². The molecule has 1 aliphatic carbocycles. The molecule has 1 saturated carbocycles. The number of aromatic nitrogens is 6. The summed E-state index contributed by atoms with van der Waals surface area (Å²) in [5.74, 6) is 0.0225. The van der Waals surface area contributed by atoms with Crippen molar-refractivity contribution in [3.8, 4) is 17.1 Å². The SMILES string of the molecule is CN(C)CC(=O)OCc1c(-c2nc(N)nc(Cc3cnn(C)c3)n2)cccc1-n1ccc2cc(C3CC3)cc(F)c2c1=O. The van der Waals surface area contributed by atoms with Crippen molar-refractivity contribution in [1.82, 2.24) is 34.2 Å². The van der Waals surface area contributed by atoms with Gasteiger partial charge in [0.25, 0.3) is 5.56 Å². The van der Waals surface area contributed by atoms with Crippen LogP contribution in [0.3, 0.4) is 0 Å². The van der Waals surface area contributed by atoms with Crippen LogP contribution in [0.2, 0.25) is 0 Å². The van der Waals surface area contributed by atoms with Crippen LogP contribution in [0, 0.1) is 5.82 Å². The number of halogens is 1. The molecule has 5 aromatic rings. The first kappa shape index (κ1) is 28.2. The molecular formula is C31H31FN8O3. The van der Waals surface area contributed by atoms with Crippen LogP contribution >= 0.6 is 0 Å². The molecule has 12 heteroatoms. The maximum Gasteiger partial charge on any atom is 0.320 e. The van der Waals surface area contributed by atoms with E-state index in [1.54, 1.807) is 60.3 Å². The van der Waals surface area contributed by atoms with E-state index in [4.69, 9.17) is 10.5 Å². The standard InChI is InChI=1S/C31H31FN8O3/c1-38(2)16-27(41)43-17-23-22(29-35-26(36-31(33)37-29)11-18-14-34-39(3)15-18)5-4-6-25(23)40-10-9-20-12-21(19-7-8-19)13-24(32)28(20)30(40)42/h4-6,9-10,12-15,19H,7-8,11,16-17H2,1-3H3,(H2,33,35,36,37). The number of ether oxygens (including phenoxy) is 1. The number of likely N-dealkylation sites (N-methyl/N-ethyl adjacent to an activating group) is 1. The third kappa shape index (κ3) is 6.00. The van der Waals surface area contributed by atoms with E-state index in [9.17, 15) is 9.59 Å². The Bertz CT molecular complexity index is 1910. The molecule has 3 aromatic heterocycles. The Balaban J connectivity index is 1.47. The molecule has 0 saturated heterocycles. The van der Waals surface area contributed by atoms with Crippen molar-refractivity contribution in [2.45, 2.75) is 31.8 Å². The molecule has 1 fully saturated rings. The topological polar surface area (TPSA) is 134 Å². The van der Waals surface area contributed by atoms with Gasteiger partial charge in [-0.1, -0.05) is 18.2 Å². The zero-order valence-electron chi connectivity index (χ0n) is 24.1. The average Bonchev–Trinajstić information content (AvgIpc) is 3.73. The van der Waals surface area contributed by atoms with Gasteiger partial charge in [-0.3, -0.25) is 23.7 Å². The van der Waals surface area contributed by atoms with Crippen LogP contribution in [0.25, 0.3) is 27.8 Å². The molecule has 2 N–H and O–H groups in total. The summed E-state index contributed by atoms with van der Waals surface area (Å²) in [6.45, 7) is -0.120. The minimum atomic E-state index is -0.556. The van der Waals surface area contributed by atoms with Gasteiger partial charge < -0.3 is 10.5 Å². The first-order chi connectivity index (χ1) is 20.7. The van der Waals surface area contributed by atoms with Gasteiger partial charge in [0, 0.05) is 37.0 Å². The number of hydrogen-bond donors (Lipinski definition) is 1. The number of rotatable bonds is 9. The molecule has 1 aliphatic rings. The second-order valence-electron chi connectivity index (χ2n) is 11.1. The van der Waals surface area contributed by atoms with Crippen LogP contribution in [-0.2, 0) is 29.6 Å². The molecule has 0 bridgehead atoms. The largest absolute Gasteiger partial charge is 0.460 e. The molecular weight excluding hydrogens is 551 g/mol. The highest BCUT2D eigenvalue weighted by molar-refractivity contribution is 5.83. The van der Waals surface area contributed by atoms with Crippen molar-refractivity contribution < 1.29 is 13.9 Å². The molecule has 0 unspecified atom stereocenters. The van der Waals surface area contributed by atoms with E-state index < -0.39 is 17.3 Å². The summed E-state index contributed by atoms with van der Waals surface area (Å²) in [6.07, 6.45) is 7.60. The summed E-state index contributed by atoms with van der Waals surface area (Å²) in [7, 11) is 5.34. The number of anilines is 1. The minimum Gasteiger partial charge on any atom is -0.460 e. The lowest BCUT2D eigenvalue weighted by atomic mass is 10.0. The molecule has 0 spiro atoms. The van der Waals surface area contributed by atoms with Gasteiger partial charge in [0.2, 0.25) is 5.95 Å². The highest BCUT2D eigenvalue weighted by Crippen LogP contribution is 2.41. The lowest BCUT2D eigenvalue weighted by Crippen LogP contribution is -2.24. The van der Waals surface area contributed by atoms with E-state index in [0.717, 1.165) is 24.0 Å². The molecule has 43 heavy (non-hydrogen) atoms. The molecule has 3 heterocycles. The summed E-state index contributed by atoms with van der Waals surface area (Å²) in [5.41, 5.74) is 8.73. The zero-order valence-corrected chi connectivity index (χ0v) is 24.1. The molecule has 0 amide bonds. The summed E-state index contributed by atoms with van der Waals surface area (Å²) in [5, 5.41) is 4.73. The Morgan fingerprint density at radius 1 is 1.16 bits per heavy atom. The number of benzene rings is 2. The van der Waals surface area contributed by atoms with E-state index in [2.05, 4.69) is 20.1 Å². The van der Waals surface area contributed by atoms with Crippen molar-refractivity contribution in [1.29, 1.82) is 0 Å². The van der Waals surface area contributed by atoms with E-state index >= 15 is 4.39 Å². The van der Waals surface area contributed by atoms with Gasteiger partial charge >= 0.3 is 5.97 Å². The van der Waals surface area contributed by atoms with Gasteiger partial charge in [0.05, 0.1) is 23.8 Å². The Morgan fingerprint density at radius 3 is 2.70 bits per heavy atom. The van der Waals surface area contributed by atoms with Gasteiger partial charge in [-0.25, -0.2) is 9.37 Å². The number of hydrogen-bond acceptors (Lipinski definition) is 9. The average molecular weight is 583 g/mol. The Morgan fingerprint density at radius 2 is 1.98 bits per heavy atom. The summed E-state index contributed by atoms with van der Waals surface area (Å²) >= 11 is 0. The summed E-state index contributed by atoms with van der Waals surface area (Å²) < 4.78 is 24.0.